The van der Waals surface area contributed by atoms with Gasteiger partial charge in [-0.1, -0.05) is 20.8 Å². The highest BCUT2D eigenvalue weighted by atomic mass is 19.4. The first-order valence-electron chi connectivity index (χ1n) is 10.3. The number of carbonyl (C=O) groups is 2. The Hall–Kier alpha value is -2.92. The molecule has 0 saturated heterocycles. The summed E-state index contributed by atoms with van der Waals surface area (Å²) < 4.78 is 90.5. The predicted octanol–water partition coefficient (Wildman–Crippen LogP) is 5.33. The Kier molecular flexibility index (Phi) is 7.84. The second-order valence-corrected chi connectivity index (χ2v) is 8.73. The summed E-state index contributed by atoms with van der Waals surface area (Å²) in [7, 11) is 0. The molecule has 1 N–H and O–H groups in total. The van der Waals surface area contributed by atoms with Crippen LogP contribution >= 0.6 is 0 Å². The Morgan fingerprint density at radius 1 is 1.18 bits per heavy atom. The highest BCUT2D eigenvalue weighted by molar-refractivity contribution is 6.01. The lowest BCUT2D eigenvalue weighted by atomic mass is 9.94. The number of carbonyl (C=O) groups excluding carboxylic acids is 2. The first kappa shape index (κ1) is 27.3. The molecule has 12 heteroatoms. The second-order valence-electron chi connectivity index (χ2n) is 8.73. The molecular formula is C22H26F6N2O4. The molecule has 0 saturated carbocycles. The van der Waals surface area contributed by atoms with E-state index in [0.29, 0.717) is 0 Å². The van der Waals surface area contributed by atoms with Gasteiger partial charge in [0.25, 0.3) is 0 Å². The Labute approximate surface area is 192 Å². The predicted molar refractivity (Wildman–Crippen MR) is 114 cm³/mol. The molecule has 0 radical (unpaired) electrons. The van der Waals surface area contributed by atoms with Crippen molar-refractivity contribution in [1.82, 2.24) is 0 Å². The van der Waals surface area contributed by atoms with Gasteiger partial charge in [-0.05, 0) is 31.6 Å². The number of fused-ring (bicyclic) bond motifs is 1. The van der Waals surface area contributed by atoms with Crippen LogP contribution in [0.15, 0.2) is 18.2 Å². The van der Waals surface area contributed by atoms with Gasteiger partial charge in [0.05, 0.1) is 18.0 Å². The van der Waals surface area contributed by atoms with Gasteiger partial charge in [0, 0.05) is 17.1 Å². The van der Waals surface area contributed by atoms with Gasteiger partial charge in [-0.2, -0.15) is 26.3 Å². The molecule has 2 rings (SSSR count). The molecule has 6 nitrogen and oxygen atoms in total. The molecular weight excluding hydrogens is 470 g/mol. The lowest BCUT2D eigenvalue weighted by Crippen LogP contribution is -2.55. The van der Waals surface area contributed by atoms with E-state index in [2.05, 4.69) is 5.32 Å². The van der Waals surface area contributed by atoms with Crippen molar-refractivity contribution < 1.29 is 45.4 Å². The number of nitrogens with one attached hydrogen (secondary N) is 1. The van der Waals surface area contributed by atoms with Gasteiger partial charge in [-0.25, -0.2) is 4.79 Å². The number of halogens is 6. The molecule has 1 aliphatic heterocycles. The molecule has 0 aliphatic carbocycles. The summed E-state index contributed by atoms with van der Waals surface area (Å²) in [6.07, 6.45) is -8.91. The van der Waals surface area contributed by atoms with Crippen molar-refractivity contribution in [3.05, 3.63) is 23.8 Å². The minimum absolute atomic E-state index is 0.0176. The van der Waals surface area contributed by atoms with Gasteiger partial charge in [0.2, 0.25) is 5.91 Å². The Morgan fingerprint density at radius 2 is 1.79 bits per heavy atom. The van der Waals surface area contributed by atoms with E-state index in [1.165, 1.54) is 13.0 Å². The maximum absolute atomic E-state index is 13.5. The second kappa shape index (κ2) is 9.75. The normalized spacial score (nSPS) is 17.1. The maximum atomic E-state index is 13.5. The van der Waals surface area contributed by atoms with Crippen LogP contribution in [0, 0.1) is 5.41 Å². The minimum Gasteiger partial charge on any atom is -0.488 e. The number of benzene rings is 1. The molecule has 34 heavy (non-hydrogen) atoms. The van der Waals surface area contributed by atoms with Crippen LogP contribution < -0.4 is 15.0 Å². The number of ether oxygens (including phenoxy) is 2. The van der Waals surface area contributed by atoms with Crippen molar-refractivity contribution in [3.63, 3.8) is 0 Å². The molecule has 0 bridgehead atoms. The van der Waals surface area contributed by atoms with Crippen LogP contribution in [0.1, 0.15) is 40.2 Å². The summed E-state index contributed by atoms with van der Waals surface area (Å²) in [4.78, 5) is 24.7. The van der Waals surface area contributed by atoms with Crippen LogP contribution in [0.25, 0.3) is 5.57 Å². The minimum atomic E-state index is -5.00. The highest BCUT2D eigenvalue weighted by Gasteiger charge is 2.50. The van der Waals surface area contributed by atoms with E-state index in [9.17, 15) is 35.9 Å². The third-order valence-electron chi connectivity index (χ3n) is 4.88. The lowest BCUT2D eigenvalue weighted by molar-refractivity contribution is -0.166. The molecule has 1 unspecified atom stereocenters. The largest absolute Gasteiger partial charge is 0.488 e. The van der Waals surface area contributed by atoms with E-state index in [1.54, 1.807) is 27.7 Å². The van der Waals surface area contributed by atoms with Crippen LogP contribution in [-0.4, -0.2) is 50.0 Å². The van der Waals surface area contributed by atoms with Crippen LogP contribution in [0.2, 0.25) is 0 Å². The first-order valence-corrected chi connectivity index (χ1v) is 10.3. The Morgan fingerprint density at radius 3 is 2.29 bits per heavy atom. The van der Waals surface area contributed by atoms with Crippen molar-refractivity contribution in [2.24, 2.45) is 5.41 Å². The molecule has 1 heterocycles. The fraction of sp³-hybridized carbons (Fsp3) is 0.545. The van der Waals surface area contributed by atoms with Gasteiger partial charge in [-0.3, -0.25) is 4.79 Å². The van der Waals surface area contributed by atoms with E-state index in [0.717, 1.165) is 12.1 Å². The first-order chi connectivity index (χ1) is 15.5. The van der Waals surface area contributed by atoms with Gasteiger partial charge >= 0.3 is 18.3 Å². The van der Waals surface area contributed by atoms with E-state index >= 15 is 0 Å². The number of esters is 1. The SMILES string of the molecule is CCOC(=O)C=C(C)c1c(NC(=O)C(C)(C)C)ccc2c1OCC(C(F)(F)F)N2CC(F)(F)F. The lowest BCUT2D eigenvalue weighted by Gasteiger charge is -2.40. The molecule has 0 spiro atoms. The summed E-state index contributed by atoms with van der Waals surface area (Å²) in [6.45, 7) is 4.91. The molecule has 190 valence electrons. The van der Waals surface area contributed by atoms with Gasteiger partial charge < -0.3 is 19.7 Å². The Bertz CT molecular complexity index is 964. The standard InChI is InChI=1S/C22H26F6N2O4/c1-6-33-16(31)9-12(2)17-13(29-19(32)20(3,4)5)7-8-14-18(17)34-10-15(22(26,27)28)30(14)11-21(23,24)25/h7-9,15H,6,10-11H2,1-5H3,(H,29,32). The number of alkyl halides is 6. The third kappa shape index (κ3) is 6.57. The number of hydrogen-bond donors (Lipinski definition) is 1. The summed E-state index contributed by atoms with van der Waals surface area (Å²) in [5.74, 6) is -1.55. The van der Waals surface area contributed by atoms with Crippen molar-refractivity contribution in [2.75, 3.05) is 30.0 Å². The zero-order valence-corrected chi connectivity index (χ0v) is 19.3. The number of nitrogens with zero attached hydrogens (tertiary/aromatic N) is 1. The number of amides is 1. The van der Waals surface area contributed by atoms with E-state index in [1.807, 2.05) is 0 Å². The zero-order chi connectivity index (χ0) is 26.1. The van der Waals surface area contributed by atoms with Crippen molar-refractivity contribution >= 4 is 28.8 Å². The van der Waals surface area contributed by atoms with Crippen LogP contribution in [0.3, 0.4) is 0 Å². The fourth-order valence-corrected chi connectivity index (χ4v) is 3.26. The molecule has 1 aliphatic rings. The number of hydrogen-bond acceptors (Lipinski definition) is 5. The Balaban J connectivity index is 2.73. The summed E-state index contributed by atoms with van der Waals surface area (Å²) in [5.41, 5.74) is -1.16. The smallest absolute Gasteiger partial charge is 0.412 e. The highest BCUT2D eigenvalue weighted by Crippen LogP contribution is 2.47. The van der Waals surface area contributed by atoms with Crippen molar-refractivity contribution in [3.8, 4) is 5.75 Å². The third-order valence-corrected chi connectivity index (χ3v) is 4.88. The summed E-state index contributed by atoms with van der Waals surface area (Å²) in [6, 6.07) is -0.330. The van der Waals surface area contributed by atoms with Crippen LogP contribution in [-0.2, 0) is 14.3 Å². The fourth-order valence-electron chi connectivity index (χ4n) is 3.26. The number of rotatable bonds is 5. The zero-order valence-electron chi connectivity index (χ0n) is 19.3. The molecule has 0 aromatic heterocycles. The quantitative estimate of drug-likeness (QED) is 0.339. The summed E-state index contributed by atoms with van der Waals surface area (Å²) >= 11 is 0. The van der Waals surface area contributed by atoms with Gasteiger partial charge in [0.15, 0.2) is 11.8 Å². The average Bonchev–Trinajstić information content (AvgIpc) is 2.64. The molecule has 1 atom stereocenters. The van der Waals surface area contributed by atoms with Crippen molar-refractivity contribution in [2.45, 2.75) is 53.0 Å². The molecule has 1 aromatic rings. The maximum Gasteiger partial charge on any atom is 0.412 e. The topological polar surface area (TPSA) is 67.9 Å². The van der Waals surface area contributed by atoms with E-state index < -0.39 is 54.5 Å². The number of anilines is 2. The van der Waals surface area contributed by atoms with Crippen LogP contribution in [0.4, 0.5) is 37.7 Å². The van der Waals surface area contributed by atoms with Crippen LogP contribution in [0.5, 0.6) is 5.75 Å². The average molecular weight is 496 g/mol. The van der Waals surface area contributed by atoms with Gasteiger partial charge in [0.1, 0.15) is 13.2 Å². The monoisotopic (exact) mass is 496 g/mol. The van der Waals surface area contributed by atoms with Crippen molar-refractivity contribution in [1.29, 1.82) is 0 Å². The van der Waals surface area contributed by atoms with Gasteiger partial charge in [-0.15, -0.1) is 0 Å². The number of allylic oxidation sites excluding steroid dienone is 1. The summed E-state index contributed by atoms with van der Waals surface area (Å²) in [5, 5.41) is 2.62. The molecule has 1 aromatic carbocycles. The molecule has 1 amide bonds. The van der Waals surface area contributed by atoms with E-state index in [-0.39, 0.29) is 34.1 Å². The van der Waals surface area contributed by atoms with E-state index in [4.69, 9.17) is 9.47 Å². The molecule has 0 fully saturated rings.